The molecule has 7 saturated carbocycles. The minimum absolute atomic E-state index is 0.307. The Morgan fingerprint density at radius 1 is 0.295 bits per heavy atom. The zero-order valence-electron chi connectivity index (χ0n) is 45.8. The Hall–Kier alpha value is -5.56. The van der Waals surface area contributed by atoms with E-state index in [1.807, 2.05) is 0 Å². The minimum atomic E-state index is 0.307. The molecular weight excluding hydrogens is 953 g/mol. The van der Waals surface area contributed by atoms with E-state index in [1.165, 1.54) is 183 Å². The monoisotopic (exact) mass is 1030 g/mol. The summed E-state index contributed by atoms with van der Waals surface area (Å²) in [5, 5.41) is 5.43. The maximum atomic E-state index is 7.66. The molecule has 6 heteroatoms. The average molecular weight is 1030 g/mol. The standard InChI is InChI=1S/C72H80N4O2/c1-3-19-45(20-4-1)73-65-31-15-17-33-69(65)78-72-44-59-51-37-35-47(76-63-30-14-11-27-54(63)60-40-48(36-38-64(60)76)75-61-28-12-9-25-52(61)53-26-10-13-29-62(53)75)39-55(51)57-42-68-71(43-58(57)50-24-8-7-23-49(50)56(59)41-67(72)73)77-70-34-18-16-32-66(70)74(68)46-21-5-2-6-22-46/h1-6,9-14,19-22,25-30,36,38,40,47,49-51,55-59,65-72H,7-8,15-18,23-24,31-35,37,39,41-44H2. The van der Waals surface area contributed by atoms with Gasteiger partial charge in [-0.25, -0.2) is 0 Å². The number of para-hydroxylation sites is 5. The molecule has 0 radical (unpaired) electrons. The first-order chi connectivity index (χ1) is 38.7. The lowest BCUT2D eigenvalue weighted by molar-refractivity contribution is -0.169. The van der Waals surface area contributed by atoms with Crippen LogP contribution in [0.5, 0.6) is 0 Å². The molecular formula is C72H80N4O2. The van der Waals surface area contributed by atoms with Crippen LogP contribution in [0, 0.1) is 47.3 Å². The van der Waals surface area contributed by atoms with Gasteiger partial charge in [-0.3, -0.25) is 0 Å². The quantitative estimate of drug-likeness (QED) is 0.165. The Morgan fingerprint density at radius 3 is 1.31 bits per heavy atom. The Labute approximate surface area is 462 Å². The van der Waals surface area contributed by atoms with Gasteiger partial charge in [-0.05, 0) is 191 Å². The molecule has 0 spiro atoms. The average Bonchev–Trinajstić information content (AvgIpc) is 4.18. The molecule has 78 heavy (non-hydrogen) atoms. The number of hydrogen-bond donors (Lipinski definition) is 0. The largest absolute Gasteiger partial charge is 0.371 e. The first-order valence-electron chi connectivity index (χ1n) is 31.7. The van der Waals surface area contributed by atoms with E-state index in [1.54, 1.807) is 0 Å². The van der Waals surface area contributed by atoms with Crippen molar-refractivity contribution in [1.29, 1.82) is 0 Å². The predicted molar refractivity (Wildman–Crippen MR) is 319 cm³/mol. The predicted octanol–water partition coefficient (Wildman–Crippen LogP) is 16.9. The molecule has 2 saturated heterocycles. The van der Waals surface area contributed by atoms with Gasteiger partial charge < -0.3 is 28.4 Å². The van der Waals surface area contributed by atoms with E-state index < -0.39 is 0 Å². The van der Waals surface area contributed by atoms with E-state index in [-0.39, 0.29) is 0 Å². The SMILES string of the molecule is c1ccc(N2C3CCCCC3OC3CC4C5CCC(n6c7ccccc7c7cc(-n8c9ccccc9c9ccccc98)ccc76)CC5C5CC6C(CC5C5CCCCC5C4CC32)OC2CCCCC2N6c2ccccc2)cc1. The van der Waals surface area contributed by atoms with Crippen molar-refractivity contribution in [2.24, 2.45) is 47.3 Å². The fraction of sp³-hybridized carbons (Fsp3) is 0.500. The maximum Gasteiger partial charge on any atom is 0.0786 e. The molecule has 17 atom stereocenters. The Bertz CT molecular complexity index is 3430. The summed E-state index contributed by atoms with van der Waals surface area (Å²) in [7, 11) is 0. The number of rotatable bonds is 4. The molecule has 8 aromatic rings. The molecule has 6 nitrogen and oxygen atoms in total. The highest BCUT2D eigenvalue weighted by molar-refractivity contribution is 6.11. The van der Waals surface area contributed by atoms with Gasteiger partial charge in [0.05, 0.1) is 59.6 Å². The summed E-state index contributed by atoms with van der Waals surface area (Å²) in [5.41, 5.74) is 9.56. The Balaban J connectivity index is 0.801. The van der Waals surface area contributed by atoms with Crippen LogP contribution in [0.25, 0.3) is 49.3 Å². The lowest BCUT2D eigenvalue weighted by Crippen LogP contribution is -2.67. The van der Waals surface area contributed by atoms with Crippen LogP contribution in [0.2, 0.25) is 0 Å². The van der Waals surface area contributed by atoms with Crippen LogP contribution in [0.1, 0.15) is 128 Å². The smallest absolute Gasteiger partial charge is 0.0786 e. The van der Waals surface area contributed by atoms with Crippen molar-refractivity contribution < 1.29 is 9.47 Å². The van der Waals surface area contributed by atoms with Gasteiger partial charge in [0.2, 0.25) is 0 Å². The Kier molecular flexibility index (Phi) is 11.5. The molecule has 9 aliphatic rings. The van der Waals surface area contributed by atoms with Gasteiger partial charge in [0.15, 0.2) is 0 Å². The second-order valence-corrected chi connectivity index (χ2v) is 26.7. The number of benzene rings is 6. The first kappa shape index (κ1) is 47.3. The molecule has 0 bridgehead atoms. The van der Waals surface area contributed by atoms with Crippen molar-refractivity contribution in [2.45, 2.75) is 177 Å². The van der Waals surface area contributed by atoms with Crippen molar-refractivity contribution in [3.8, 4) is 5.69 Å². The molecule has 400 valence electrons. The summed E-state index contributed by atoms with van der Waals surface area (Å²) >= 11 is 0. The van der Waals surface area contributed by atoms with Crippen molar-refractivity contribution >= 4 is 55.0 Å². The van der Waals surface area contributed by atoms with Gasteiger partial charge >= 0.3 is 0 Å². The van der Waals surface area contributed by atoms with Crippen LogP contribution in [-0.2, 0) is 9.47 Å². The van der Waals surface area contributed by atoms with Gasteiger partial charge in [0, 0.05) is 55.7 Å². The van der Waals surface area contributed by atoms with Gasteiger partial charge in [0.1, 0.15) is 0 Å². The summed E-state index contributed by atoms with van der Waals surface area (Å²) in [6.07, 6.45) is 26.2. The summed E-state index contributed by atoms with van der Waals surface area (Å²) in [6.45, 7) is 0. The summed E-state index contributed by atoms with van der Waals surface area (Å²) < 4.78 is 20.7. The number of aromatic nitrogens is 2. The van der Waals surface area contributed by atoms with Gasteiger partial charge in [0.25, 0.3) is 0 Å². The van der Waals surface area contributed by atoms with E-state index in [9.17, 15) is 0 Å². The molecule has 0 amide bonds. The number of anilines is 2. The van der Waals surface area contributed by atoms with Crippen LogP contribution in [0.3, 0.4) is 0 Å². The van der Waals surface area contributed by atoms with E-state index >= 15 is 0 Å². The van der Waals surface area contributed by atoms with Crippen molar-refractivity contribution in [3.63, 3.8) is 0 Å². The van der Waals surface area contributed by atoms with Crippen LogP contribution in [0.4, 0.5) is 11.4 Å². The fourth-order valence-corrected chi connectivity index (χ4v) is 20.7. The van der Waals surface area contributed by atoms with E-state index in [0.29, 0.717) is 84.2 Å². The topological polar surface area (TPSA) is 34.8 Å². The molecule has 9 fully saturated rings. The molecule has 17 rings (SSSR count). The van der Waals surface area contributed by atoms with Crippen LogP contribution in [-0.4, -0.2) is 57.7 Å². The lowest BCUT2D eigenvalue weighted by atomic mass is 9.46. The van der Waals surface area contributed by atoms with Crippen LogP contribution >= 0.6 is 0 Å². The van der Waals surface area contributed by atoms with E-state index in [2.05, 4.69) is 171 Å². The number of ether oxygens (including phenoxy) is 2. The highest BCUT2D eigenvalue weighted by Gasteiger charge is 2.61. The van der Waals surface area contributed by atoms with Crippen molar-refractivity contribution in [2.75, 3.05) is 9.80 Å². The third-order valence-electron chi connectivity index (χ3n) is 23.5. The third kappa shape index (κ3) is 7.39. The van der Waals surface area contributed by atoms with E-state index in [0.717, 1.165) is 17.8 Å². The van der Waals surface area contributed by atoms with Gasteiger partial charge in [-0.15, -0.1) is 0 Å². The molecule has 2 aromatic heterocycles. The van der Waals surface area contributed by atoms with Crippen LogP contribution < -0.4 is 9.80 Å². The van der Waals surface area contributed by atoms with Gasteiger partial charge in [-0.1, -0.05) is 130 Å². The zero-order chi connectivity index (χ0) is 51.0. The summed E-state index contributed by atoms with van der Waals surface area (Å²) in [5.74, 6) is 5.80. The van der Waals surface area contributed by atoms with Gasteiger partial charge in [-0.2, -0.15) is 0 Å². The second-order valence-electron chi connectivity index (χ2n) is 26.7. The fourth-order valence-electron chi connectivity index (χ4n) is 20.7. The number of fused-ring (bicyclic) bond motifs is 18. The minimum Gasteiger partial charge on any atom is -0.371 e. The molecule has 2 aliphatic heterocycles. The number of nitrogens with zero attached hydrogens (tertiary/aromatic N) is 4. The maximum absolute atomic E-state index is 7.66. The van der Waals surface area contributed by atoms with Crippen molar-refractivity contribution in [1.82, 2.24) is 9.13 Å². The summed E-state index contributed by atoms with van der Waals surface area (Å²) in [4.78, 5) is 6.00. The molecule has 7 aliphatic carbocycles. The molecule has 6 aromatic carbocycles. The number of hydrogen-bond acceptors (Lipinski definition) is 4. The van der Waals surface area contributed by atoms with Crippen molar-refractivity contribution in [3.05, 3.63) is 152 Å². The molecule has 0 N–H and O–H groups in total. The third-order valence-corrected chi connectivity index (χ3v) is 23.5. The normalized spacial score (nSPS) is 36.5. The highest BCUT2D eigenvalue weighted by Crippen LogP contribution is 2.64. The molecule has 4 heterocycles. The van der Waals surface area contributed by atoms with E-state index in [4.69, 9.17) is 9.47 Å². The zero-order valence-corrected chi connectivity index (χ0v) is 45.8. The summed E-state index contributed by atoms with van der Waals surface area (Å²) in [6, 6.07) is 60.8. The molecule has 17 unspecified atom stereocenters. The Morgan fingerprint density at radius 2 is 0.731 bits per heavy atom. The number of morpholine rings is 2. The lowest BCUT2D eigenvalue weighted by Gasteiger charge is -2.64. The highest BCUT2D eigenvalue weighted by atomic mass is 16.5. The second kappa shape index (κ2) is 19.0. The van der Waals surface area contributed by atoms with Crippen LogP contribution in [0.15, 0.2) is 152 Å². The first-order valence-corrected chi connectivity index (χ1v) is 31.7.